The summed E-state index contributed by atoms with van der Waals surface area (Å²) >= 11 is 6.13. The van der Waals surface area contributed by atoms with E-state index in [1.54, 1.807) is 18.2 Å². The van der Waals surface area contributed by atoms with E-state index < -0.39 is 0 Å². The molecule has 2 aromatic rings. The summed E-state index contributed by atoms with van der Waals surface area (Å²) in [7, 11) is 0. The fraction of sp³-hybridized carbons (Fsp3) is 0.250. The second-order valence-electron chi connectivity index (χ2n) is 4.60. The van der Waals surface area contributed by atoms with Gasteiger partial charge >= 0.3 is 0 Å². The third-order valence-corrected chi connectivity index (χ3v) is 3.44. The van der Waals surface area contributed by atoms with Crippen LogP contribution >= 0.6 is 11.6 Å². The predicted octanol–water partition coefficient (Wildman–Crippen LogP) is -0.0660. The first-order chi connectivity index (χ1) is 10.1. The summed E-state index contributed by atoms with van der Waals surface area (Å²) in [5, 5.41) is 16.5. The van der Waals surface area contributed by atoms with Gasteiger partial charge < -0.3 is 10.6 Å². The number of halogens is 1. The number of amides is 2. The Morgan fingerprint density at radius 3 is 2.95 bits per heavy atom. The largest absolute Gasteiger partial charge is 0.354 e. The number of nitrogens with zero attached hydrogens (tertiary/aromatic N) is 4. The summed E-state index contributed by atoms with van der Waals surface area (Å²) in [6, 6.07) is 4.68. The van der Waals surface area contributed by atoms with Crippen molar-refractivity contribution < 1.29 is 9.59 Å². The number of rotatable bonds is 3. The molecule has 1 aromatic heterocycles. The number of aromatic nitrogens is 4. The normalized spacial score (nSPS) is 17.6. The number of nitrogens with one attached hydrogen (secondary N) is 2. The van der Waals surface area contributed by atoms with E-state index in [4.69, 9.17) is 11.6 Å². The van der Waals surface area contributed by atoms with Crippen molar-refractivity contribution in [2.75, 3.05) is 6.54 Å². The zero-order chi connectivity index (χ0) is 14.8. The van der Waals surface area contributed by atoms with Crippen LogP contribution in [0, 0.1) is 0 Å². The fourth-order valence-corrected chi connectivity index (χ4v) is 2.34. The fourth-order valence-electron chi connectivity index (χ4n) is 2.08. The zero-order valence-electron chi connectivity index (χ0n) is 10.8. The van der Waals surface area contributed by atoms with Gasteiger partial charge in [-0.25, -0.2) is 4.68 Å². The second kappa shape index (κ2) is 5.49. The lowest BCUT2D eigenvalue weighted by Crippen LogP contribution is -2.36. The number of carbonyl (C=O) groups is 2. The highest BCUT2D eigenvalue weighted by atomic mass is 35.5. The Morgan fingerprint density at radius 1 is 1.48 bits per heavy atom. The third kappa shape index (κ3) is 2.84. The zero-order valence-corrected chi connectivity index (χ0v) is 11.5. The summed E-state index contributed by atoms with van der Waals surface area (Å²) in [6.45, 7) is 0.435. The molecule has 2 heterocycles. The van der Waals surface area contributed by atoms with Crippen molar-refractivity contribution in [1.82, 2.24) is 30.8 Å². The summed E-state index contributed by atoms with van der Waals surface area (Å²) in [6.07, 6.45) is 1.72. The Kier molecular flexibility index (Phi) is 3.53. The average Bonchev–Trinajstić information content (AvgIpc) is 3.10. The molecule has 3 rings (SSSR count). The van der Waals surface area contributed by atoms with Crippen molar-refractivity contribution in [3.63, 3.8) is 0 Å². The van der Waals surface area contributed by atoms with Gasteiger partial charge in [0.1, 0.15) is 6.33 Å². The van der Waals surface area contributed by atoms with Crippen LogP contribution in [0.3, 0.4) is 0 Å². The topological polar surface area (TPSA) is 102 Å². The molecular formula is C12H11ClN6O2. The monoisotopic (exact) mass is 306 g/mol. The van der Waals surface area contributed by atoms with Crippen molar-refractivity contribution >= 4 is 23.4 Å². The molecule has 2 N–H and O–H groups in total. The average molecular weight is 307 g/mol. The van der Waals surface area contributed by atoms with Gasteiger partial charge in [-0.05, 0) is 28.6 Å². The maximum absolute atomic E-state index is 12.1. The summed E-state index contributed by atoms with van der Waals surface area (Å²) in [4.78, 5) is 23.2. The van der Waals surface area contributed by atoms with Gasteiger partial charge in [0, 0.05) is 13.0 Å². The lowest BCUT2D eigenvalue weighted by Gasteiger charge is -2.12. The summed E-state index contributed by atoms with van der Waals surface area (Å²) in [5.74, 6) is -0.384. The van der Waals surface area contributed by atoms with Crippen LogP contribution in [0.4, 0.5) is 0 Å². The highest BCUT2D eigenvalue weighted by molar-refractivity contribution is 6.34. The van der Waals surface area contributed by atoms with Crippen LogP contribution in [0.5, 0.6) is 0 Å². The van der Waals surface area contributed by atoms with Crippen molar-refractivity contribution in [2.24, 2.45) is 0 Å². The minimum atomic E-state index is -0.315. The molecule has 0 radical (unpaired) electrons. The molecule has 2 amide bonds. The van der Waals surface area contributed by atoms with E-state index in [9.17, 15) is 9.59 Å². The highest BCUT2D eigenvalue weighted by Crippen LogP contribution is 2.20. The lowest BCUT2D eigenvalue weighted by atomic mass is 10.1. The Bertz CT molecular complexity index is 687. The molecule has 0 spiro atoms. The van der Waals surface area contributed by atoms with E-state index in [-0.39, 0.29) is 29.3 Å². The molecule has 1 aliphatic heterocycles. The second-order valence-corrected chi connectivity index (χ2v) is 5.00. The van der Waals surface area contributed by atoms with Gasteiger partial charge in [-0.2, -0.15) is 0 Å². The number of hydrogen-bond acceptors (Lipinski definition) is 5. The molecule has 0 saturated carbocycles. The molecular weight excluding hydrogens is 296 g/mol. The van der Waals surface area contributed by atoms with Gasteiger partial charge in [0.25, 0.3) is 5.91 Å². The highest BCUT2D eigenvalue weighted by Gasteiger charge is 2.24. The summed E-state index contributed by atoms with van der Waals surface area (Å²) in [5.41, 5.74) is 0.993. The molecule has 1 aromatic carbocycles. The number of hydrogen-bond donors (Lipinski definition) is 2. The van der Waals surface area contributed by atoms with E-state index in [0.717, 1.165) is 0 Å². The maximum Gasteiger partial charge on any atom is 0.253 e. The van der Waals surface area contributed by atoms with E-state index in [0.29, 0.717) is 17.8 Å². The first kappa shape index (κ1) is 13.5. The van der Waals surface area contributed by atoms with Crippen molar-refractivity contribution in [1.29, 1.82) is 0 Å². The van der Waals surface area contributed by atoms with E-state index in [1.807, 2.05) is 0 Å². The van der Waals surface area contributed by atoms with Crippen molar-refractivity contribution in [3.8, 4) is 5.69 Å². The SMILES string of the molecule is O=C1CC(NC(=O)c2ccc(-n3cnnn3)cc2Cl)CN1. The molecule has 1 atom stereocenters. The molecule has 9 heteroatoms. The quantitative estimate of drug-likeness (QED) is 0.827. The summed E-state index contributed by atoms with van der Waals surface area (Å²) < 4.78 is 1.44. The van der Waals surface area contributed by atoms with Crippen molar-refractivity contribution in [3.05, 3.63) is 35.1 Å². The molecule has 1 unspecified atom stereocenters. The van der Waals surface area contributed by atoms with Crippen LogP contribution in [0.1, 0.15) is 16.8 Å². The van der Waals surface area contributed by atoms with Gasteiger partial charge in [-0.1, -0.05) is 11.6 Å². The van der Waals surface area contributed by atoms with Crippen LogP contribution in [0.2, 0.25) is 5.02 Å². The van der Waals surface area contributed by atoms with Gasteiger partial charge in [0.15, 0.2) is 0 Å². The van der Waals surface area contributed by atoms with Gasteiger partial charge in [-0.3, -0.25) is 9.59 Å². The first-order valence-corrected chi connectivity index (χ1v) is 6.62. The third-order valence-electron chi connectivity index (χ3n) is 3.12. The van der Waals surface area contributed by atoms with Crippen LogP contribution in [-0.2, 0) is 4.79 Å². The van der Waals surface area contributed by atoms with E-state index in [2.05, 4.69) is 26.2 Å². The van der Waals surface area contributed by atoms with E-state index >= 15 is 0 Å². The number of tetrazole rings is 1. The van der Waals surface area contributed by atoms with Crippen LogP contribution < -0.4 is 10.6 Å². The minimum Gasteiger partial charge on any atom is -0.354 e. The molecule has 0 bridgehead atoms. The smallest absolute Gasteiger partial charge is 0.253 e. The molecule has 21 heavy (non-hydrogen) atoms. The maximum atomic E-state index is 12.1. The Hall–Kier alpha value is -2.48. The number of carbonyl (C=O) groups excluding carboxylic acids is 2. The molecule has 1 aliphatic rings. The van der Waals surface area contributed by atoms with Gasteiger partial charge in [-0.15, -0.1) is 5.10 Å². The number of benzene rings is 1. The van der Waals surface area contributed by atoms with Crippen LogP contribution in [0.25, 0.3) is 5.69 Å². The predicted molar refractivity (Wildman–Crippen MR) is 73.0 cm³/mol. The van der Waals surface area contributed by atoms with Gasteiger partial charge in [0.05, 0.1) is 22.3 Å². The van der Waals surface area contributed by atoms with E-state index in [1.165, 1.54) is 11.0 Å². The van der Waals surface area contributed by atoms with Gasteiger partial charge in [0.2, 0.25) is 5.91 Å². The van der Waals surface area contributed by atoms with Crippen LogP contribution in [0.15, 0.2) is 24.5 Å². The molecule has 0 aliphatic carbocycles. The Balaban J connectivity index is 1.76. The lowest BCUT2D eigenvalue weighted by molar-refractivity contribution is -0.119. The van der Waals surface area contributed by atoms with Crippen molar-refractivity contribution in [2.45, 2.75) is 12.5 Å². The Labute approximate surface area is 124 Å². The van der Waals surface area contributed by atoms with Crippen LogP contribution in [-0.4, -0.2) is 44.6 Å². The standard InChI is InChI=1S/C12H11ClN6O2/c13-10-4-8(19-6-15-17-18-19)1-2-9(10)12(21)16-7-3-11(20)14-5-7/h1-2,4,6-7H,3,5H2,(H,14,20)(H,16,21). The first-order valence-electron chi connectivity index (χ1n) is 6.24. The molecule has 108 valence electrons. The molecule has 1 saturated heterocycles. The Morgan fingerprint density at radius 2 is 2.33 bits per heavy atom. The molecule has 8 nitrogen and oxygen atoms in total. The minimum absolute atomic E-state index is 0.0690. The molecule has 1 fully saturated rings.